The van der Waals surface area contributed by atoms with E-state index in [9.17, 15) is 9.18 Å². The van der Waals surface area contributed by atoms with Crippen LogP contribution in [0, 0.1) is 11.2 Å². The maximum Gasteiger partial charge on any atom is 0.237 e. The minimum Gasteiger partial charge on any atom is -0.348 e. The number of carbonyl (C=O) groups excluding carboxylic acids is 1. The highest BCUT2D eigenvalue weighted by Gasteiger charge is 2.28. The fourth-order valence-electron chi connectivity index (χ4n) is 1.53. The van der Waals surface area contributed by atoms with Gasteiger partial charge < -0.3 is 11.1 Å². The molecule has 0 radical (unpaired) electrons. The van der Waals surface area contributed by atoms with Gasteiger partial charge in [-0.25, -0.2) is 4.39 Å². The summed E-state index contributed by atoms with van der Waals surface area (Å²) in [7, 11) is 0. The van der Waals surface area contributed by atoms with Gasteiger partial charge in [-0.15, -0.1) is 0 Å². The largest absolute Gasteiger partial charge is 0.348 e. The van der Waals surface area contributed by atoms with Crippen LogP contribution < -0.4 is 11.1 Å². The van der Waals surface area contributed by atoms with E-state index in [1.807, 2.05) is 27.7 Å². The average molecular weight is 252 g/mol. The maximum atomic E-state index is 12.8. The smallest absolute Gasteiger partial charge is 0.237 e. The zero-order chi connectivity index (χ0) is 13.9. The molecule has 3 nitrogen and oxygen atoms in total. The molecule has 3 N–H and O–H groups in total. The van der Waals surface area contributed by atoms with Crippen LogP contribution in [-0.4, -0.2) is 11.9 Å². The molecular weight excluding hydrogens is 231 g/mol. The lowest BCUT2D eigenvalue weighted by Crippen LogP contribution is -2.49. The van der Waals surface area contributed by atoms with Crippen molar-refractivity contribution in [1.82, 2.24) is 5.32 Å². The fourth-order valence-corrected chi connectivity index (χ4v) is 1.53. The quantitative estimate of drug-likeness (QED) is 0.867. The second kappa shape index (κ2) is 5.48. The summed E-state index contributed by atoms with van der Waals surface area (Å²) in [6.07, 6.45) is 0. The van der Waals surface area contributed by atoms with Crippen LogP contribution in [0.5, 0.6) is 0 Å². The summed E-state index contributed by atoms with van der Waals surface area (Å²) >= 11 is 0. The van der Waals surface area contributed by atoms with Crippen molar-refractivity contribution >= 4 is 5.91 Å². The third-order valence-corrected chi connectivity index (χ3v) is 2.94. The van der Waals surface area contributed by atoms with Crippen molar-refractivity contribution in [1.29, 1.82) is 0 Å². The molecule has 1 amide bonds. The van der Waals surface area contributed by atoms with Crippen LogP contribution in [0.4, 0.5) is 4.39 Å². The molecule has 2 atom stereocenters. The zero-order valence-corrected chi connectivity index (χ0v) is 11.3. The van der Waals surface area contributed by atoms with Gasteiger partial charge in [-0.1, -0.05) is 32.9 Å². The van der Waals surface area contributed by atoms with Crippen LogP contribution in [0.2, 0.25) is 0 Å². The van der Waals surface area contributed by atoms with Crippen LogP contribution >= 0.6 is 0 Å². The van der Waals surface area contributed by atoms with E-state index in [1.54, 1.807) is 12.1 Å². The van der Waals surface area contributed by atoms with Crippen LogP contribution in [0.15, 0.2) is 24.3 Å². The molecule has 1 rings (SSSR count). The average Bonchev–Trinajstić information content (AvgIpc) is 2.27. The molecule has 1 aromatic rings. The van der Waals surface area contributed by atoms with E-state index in [2.05, 4.69) is 5.32 Å². The molecule has 0 unspecified atom stereocenters. The SMILES string of the molecule is C[C@@H](NC(=O)[C@@H](N)C(C)(C)C)c1ccc(F)cc1. The van der Waals surface area contributed by atoms with E-state index in [0.29, 0.717) is 0 Å². The molecule has 0 aromatic heterocycles. The van der Waals surface area contributed by atoms with Gasteiger partial charge in [-0.2, -0.15) is 0 Å². The van der Waals surface area contributed by atoms with Crippen molar-refractivity contribution in [2.45, 2.75) is 39.8 Å². The number of hydrogen-bond acceptors (Lipinski definition) is 2. The number of halogens is 1. The molecule has 0 saturated carbocycles. The van der Waals surface area contributed by atoms with Gasteiger partial charge in [-0.05, 0) is 30.0 Å². The third kappa shape index (κ3) is 3.81. The van der Waals surface area contributed by atoms with Gasteiger partial charge >= 0.3 is 0 Å². The number of nitrogens with one attached hydrogen (secondary N) is 1. The number of amides is 1. The normalized spacial score (nSPS) is 15.0. The van der Waals surface area contributed by atoms with Gasteiger partial charge in [0.25, 0.3) is 0 Å². The first-order valence-electron chi connectivity index (χ1n) is 6.03. The summed E-state index contributed by atoms with van der Waals surface area (Å²) in [5, 5.41) is 2.84. The Morgan fingerprint density at radius 2 is 1.78 bits per heavy atom. The van der Waals surface area contributed by atoms with Crippen LogP contribution in [0.25, 0.3) is 0 Å². The molecule has 0 saturated heterocycles. The highest BCUT2D eigenvalue weighted by molar-refractivity contribution is 5.82. The highest BCUT2D eigenvalue weighted by atomic mass is 19.1. The molecule has 0 bridgehead atoms. The van der Waals surface area contributed by atoms with Gasteiger partial charge in [0.15, 0.2) is 0 Å². The first-order valence-corrected chi connectivity index (χ1v) is 6.03. The molecule has 0 spiro atoms. The van der Waals surface area contributed by atoms with Crippen LogP contribution in [-0.2, 0) is 4.79 Å². The van der Waals surface area contributed by atoms with E-state index in [1.165, 1.54) is 12.1 Å². The van der Waals surface area contributed by atoms with Crippen molar-refractivity contribution in [3.05, 3.63) is 35.6 Å². The van der Waals surface area contributed by atoms with Gasteiger partial charge in [0.05, 0.1) is 12.1 Å². The minimum absolute atomic E-state index is 0.188. The van der Waals surface area contributed by atoms with E-state index >= 15 is 0 Å². The standard InChI is InChI=1S/C14H21FN2O/c1-9(10-5-7-11(15)8-6-10)17-13(18)12(16)14(2,3)4/h5-9,12H,16H2,1-4H3,(H,17,18)/t9-,12-/m1/s1. The van der Waals surface area contributed by atoms with Crippen molar-refractivity contribution in [2.24, 2.45) is 11.1 Å². The maximum absolute atomic E-state index is 12.8. The molecule has 0 aliphatic rings. The van der Waals surface area contributed by atoms with E-state index < -0.39 is 6.04 Å². The predicted octanol–water partition coefficient (Wildman–Crippen LogP) is 2.38. The Kier molecular flexibility index (Phi) is 4.46. The highest BCUT2D eigenvalue weighted by Crippen LogP contribution is 2.19. The first-order chi connectivity index (χ1) is 8.21. The van der Waals surface area contributed by atoms with Gasteiger partial charge in [0.1, 0.15) is 5.82 Å². The predicted molar refractivity (Wildman–Crippen MR) is 70.4 cm³/mol. The molecule has 0 aliphatic heterocycles. The summed E-state index contributed by atoms with van der Waals surface area (Å²) < 4.78 is 12.8. The Hall–Kier alpha value is -1.42. The Bertz CT molecular complexity index is 409. The lowest BCUT2D eigenvalue weighted by molar-refractivity contribution is -0.125. The molecule has 100 valence electrons. The molecule has 0 aliphatic carbocycles. The minimum atomic E-state index is -0.569. The van der Waals surface area contributed by atoms with Crippen molar-refractivity contribution in [3.8, 4) is 0 Å². The number of rotatable bonds is 3. The molecule has 0 fully saturated rings. The Balaban J connectivity index is 2.68. The lowest BCUT2D eigenvalue weighted by atomic mass is 9.86. The number of hydrogen-bond donors (Lipinski definition) is 2. The van der Waals surface area contributed by atoms with Gasteiger partial charge in [0.2, 0.25) is 5.91 Å². The van der Waals surface area contributed by atoms with Gasteiger partial charge in [0, 0.05) is 0 Å². The second-order valence-electron chi connectivity index (χ2n) is 5.63. The molecule has 4 heteroatoms. The number of carbonyl (C=O) groups is 1. The Morgan fingerprint density at radius 1 is 1.28 bits per heavy atom. The Morgan fingerprint density at radius 3 is 2.22 bits per heavy atom. The second-order valence-corrected chi connectivity index (χ2v) is 5.63. The summed E-state index contributed by atoms with van der Waals surface area (Å²) in [6.45, 7) is 7.60. The summed E-state index contributed by atoms with van der Waals surface area (Å²) in [5.74, 6) is -0.483. The first kappa shape index (κ1) is 14.6. The number of nitrogens with two attached hydrogens (primary N) is 1. The molecule has 0 heterocycles. The molecule has 1 aromatic carbocycles. The monoisotopic (exact) mass is 252 g/mol. The molecule has 18 heavy (non-hydrogen) atoms. The summed E-state index contributed by atoms with van der Waals surface area (Å²) in [4.78, 5) is 11.9. The van der Waals surface area contributed by atoms with Crippen LogP contribution in [0.1, 0.15) is 39.3 Å². The fraction of sp³-hybridized carbons (Fsp3) is 0.500. The summed E-state index contributed by atoms with van der Waals surface area (Å²) in [6, 6.07) is 5.31. The van der Waals surface area contributed by atoms with Gasteiger partial charge in [-0.3, -0.25) is 4.79 Å². The van der Waals surface area contributed by atoms with Crippen molar-refractivity contribution in [2.75, 3.05) is 0 Å². The lowest BCUT2D eigenvalue weighted by Gasteiger charge is -2.27. The Labute approximate surface area is 108 Å². The zero-order valence-electron chi connectivity index (χ0n) is 11.3. The molecular formula is C14H21FN2O. The number of benzene rings is 1. The summed E-state index contributed by atoms with van der Waals surface area (Å²) in [5.41, 5.74) is 6.44. The third-order valence-electron chi connectivity index (χ3n) is 2.94. The van der Waals surface area contributed by atoms with Crippen molar-refractivity contribution in [3.63, 3.8) is 0 Å². The van der Waals surface area contributed by atoms with Crippen molar-refractivity contribution < 1.29 is 9.18 Å². The van der Waals surface area contributed by atoms with Crippen LogP contribution in [0.3, 0.4) is 0 Å². The topological polar surface area (TPSA) is 55.1 Å². The van der Waals surface area contributed by atoms with E-state index in [4.69, 9.17) is 5.73 Å². The van der Waals surface area contributed by atoms with E-state index in [0.717, 1.165) is 5.56 Å². The van der Waals surface area contributed by atoms with E-state index in [-0.39, 0.29) is 23.2 Å².